The molecule has 0 saturated carbocycles. The first-order valence-electron chi connectivity index (χ1n) is 5.80. The van der Waals surface area contributed by atoms with Gasteiger partial charge in [0.15, 0.2) is 0 Å². The highest BCUT2D eigenvalue weighted by Crippen LogP contribution is 2.21. The minimum atomic E-state index is 0.385. The average Bonchev–Trinajstić information content (AvgIpc) is 2.71. The molecule has 2 aromatic heterocycles. The smallest absolute Gasteiger partial charge is 0.207 e. The Morgan fingerprint density at radius 2 is 1.94 bits per heavy atom. The van der Waals surface area contributed by atoms with Crippen molar-refractivity contribution in [2.75, 3.05) is 5.32 Å². The van der Waals surface area contributed by atoms with Gasteiger partial charge in [-0.25, -0.2) is 4.98 Å². The van der Waals surface area contributed by atoms with Gasteiger partial charge in [-0.2, -0.15) is 5.10 Å². The largest absolute Gasteiger partial charge is 0.323 e. The van der Waals surface area contributed by atoms with Crippen LogP contribution in [0.15, 0.2) is 12.4 Å². The highest BCUT2D eigenvalue weighted by molar-refractivity contribution is 5.55. The summed E-state index contributed by atoms with van der Waals surface area (Å²) in [6.07, 6.45) is 4.02. The Morgan fingerprint density at radius 1 is 1.24 bits per heavy atom. The predicted molar refractivity (Wildman–Crippen MR) is 68.6 cm³/mol. The second-order valence-electron chi connectivity index (χ2n) is 4.63. The molecular formula is C12H19N5. The minimum Gasteiger partial charge on any atom is -0.323 e. The van der Waals surface area contributed by atoms with Crippen LogP contribution in [-0.4, -0.2) is 19.3 Å². The van der Waals surface area contributed by atoms with Gasteiger partial charge in [0.2, 0.25) is 5.95 Å². The monoisotopic (exact) mass is 233 g/mol. The first kappa shape index (κ1) is 11.7. The van der Waals surface area contributed by atoms with Gasteiger partial charge >= 0.3 is 0 Å². The molecule has 0 bridgehead atoms. The maximum Gasteiger partial charge on any atom is 0.207 e. The number of imidazole rings is 1. The van der Waals surface area contributed by atoms with Crippen LogP contribution >= 0.6 is 0 Å². The number of nitrogens with zero attached hydrogens (tertiary/aromatic N) is 4. The molecule has 0 saturated heterocycles. The summed E-state index contributed by atoms with van der Waals surface area (Å²) in [5.74, 6) is 0.869. The summed E-state index contributed by atoms with van der Waals surface area (Å²) in [5.41, 5.74) is 2.99. The zero-order valence-electron chi connectivity index (χ0n) is 11.0. The van der Waals surface area contributed by atoms with Gasteiger partial charge in [-0.1, -0.05) is 0 Å². The van der Waals surface area contributed by atoms with Gasteiger partial charge in [0, 0.05) is 25.5 Å². The molecule has 0 unspecified atom stereocenters. The van der Waals surface area contributed by atoms with Crippen LogP contribution in [-0.2, 0) is 7.05 Å². The number of rotatable bonds is 3. The van der Waals surface area contributed by atoms with Crippen molar-refractivity contribution in [2.45, 2.75) is 33.7 Å². The first-order chi connectivity index (χ1) is 7.97. The van der Waals surface area contributed by atoms with Crippen molar-refractivity contribution in [3.8, 4) is 0 Å². The summed E-state index contributed by atoms with van der Waals surface area (Å²) in [6, 6.07) is 0.385. The van der Waals surface area contributed by atoms with Gasteiger partial charge in [-0.15, -0.1) is 0 Å². The molecule has 0 aromatic carbocycles. The van der Waals surface area contributed by atoms with Crippen LogP contribution in [0.25, 0.3) is 0 Å². The molecule has 0 spiro atoms. The molecule has 92 valence electrons. The summed E-state index contributed by atoms with van der Waals surface area (Å²) in [7, 11) is 1.92. The van der Waals surface area contributed by atoms with Gasteiger partial charge in [0.1, 0.15) is 0 Å². The van der Waals surface area contributed by atoms with Crippen LogP contribution in [0.3, 0.4) is 0 Å². The predicted octanol–water partition coefficient (Wildman–Crippen LogP) is 2.56. The van der Waals surface area contributed by atoms with Crippen LogP contribution < -0.4 is 5.32 Å². The molecule has 0 fully saturated rings. The third-order valence-electron chi connectivity index (χ3n) is 2.67. The fraction of sp³-hybridized carbons (Fsp3) is 0.500. The van der Waals surface area contributed by atoms with E-state index in [1.807, 2.05) is 27.1 Å². The van der Waals surface area contributed by atoms with Crippen LogP contribution in [0.4, 0.5) is 11.6 Å². The van der Waals surface area contributed by atoms with Crippen LogP contribution in [0, 0.1) is 13.8 Å². The fourth-order valence-electron chi connectivity index (χ4n) is 1.84. The van der Waals surface area contributed by atoms with Crippen molar-refractivity contribution >= 4 is 11.6 Å². The van der Waals surface area contributed by atoms with E-state index in [0.29, 0.717) is 6.04 Å². The van der Waals surface area contributed by atoms with Crippen molar-refractivity contribution in [1.29, 1.82) is 0 Å². The van der Waals surface area contributed by atoms with Crippen molar-refractivity contribution in [3.63, 3.8) is 0 Å². The third-order valence-corrected chi connectivity index (χ3v) is 2.67. The van der Waals surface area contributed by atoms with E-state index in [4.69, 9.17) is 0 Å². The Kier molecular flexibility index (Phi) is 2.92. The molecule has 2 rings (SSSR count). The van der Waals surface area contributed by atoms with Gasteiger partial charge in [-0.3, -0.25) is 4.68 Å². The molecule has 0 aliphatic carbocycles. The molecule has 17 heavy (non-hydrogen) atoms. The number of aromatic nitrogens is 4. The summed E-state index contributed by atoms with van der Waals surface area (Å²) < 4.78 is 3.93. The highest BCUT2D eigenvalue weighted by Gasteiger charge is 2.11. The van der Waals surface area contributed by atoms with E-state index in [1.54, 1.807) is 4.68 Å². The molecule has 2 heterocycles. The summed E-state index contributed by atoms with van der Waals surface area (Å²) in [6.45, 7) is 8.27. The van der Waals surface area contributed by atoms with Crippen LogP contribution in [0.2, 0.25) is 0 Å². The van der Waals surface area contributed by atoms with Crippen molar-refractivity contribution in [2.24, 2.45) is 7.05 Å². The standard InChI is InChI=1S/C12H19N5/c1-8(2)17-6-9(3)13-12(17)14-11-7-16(5)15-10(11)4/h6-8H,1-5H3,(H,13,14). The third kappa shape index (κ3) is 2.33. The Labute approximate surface area is 101 Å². The Hall–Kier alpha value is -1.78. The maximum absolute atomic E-state index is 4.49. The van der Waals surface area contributed by atoms with Crippen molar-refractivity contribution in [3.05, 3.63) is 23.8 Å². The zero-order valence-corrected chi connectivity index (χ0v) is 11.0. The fourth-order valence-corrected chi connectivity index (χ4v) is 1.84. The van der Waals surface area contributed by atoms with E-state index in [1.165, 1.54) is 0 Å². The first-order valence-corrected chi connectivity index (χ1v) is 5.80. The van der Waals surface area contributed by atoms with E-state index in [-0.39, 0.29) is 0 Å². The normalized spacial score (nSPS) is 11.2. The SMILES string of the molecule is Cc1cn(C(C)C)c(Nc2cn(C)nc2C)n1. The molecule has 0 radical (unpaired) electrons. The van der Waals surface area contributed by atoms with Gasteiger partial charge in [0.25, 0.3) is 0 Å². The number of hydrogen-bond acceptors (Lipinski definition) is 3. The summed E-state index contributed by atoms with van der Waals surface area (Å²) in [4.78, 5) is 4.49. The molecule has 1 N–H and O–H groups in total. The second-order valence-corrected chi connectivity index (χ2v) is 4.63. The van der Waals surface area contributed by atoms with Crippen molar-refractivity contribution in [1.82, 2.24) is 19.3 Å². The lowest BCUT2D eigenvalue weighted by Crippen LogP contribution is -2.05. The Morgan fingerprint density at radius 3 is 2.47 bits per heavy atom. The molecule has 5 nitrogen and oxygen atoms in total. The molecule has 0 atom stereocenters. The lowest BCUT2D eigenvalue weighted by atomic mass is 10.4. The van der Waals surface area contributed by atoms with Gasteiger partial charge < -0.3 is 9.88 Å². The zero-order chi connectivity index (χ0) is 12.6. The molecule has 0 amide bonds. The van der Waals surface area contributed by atoms with E-state index >= 15 is 0 Å². The highest BCUT2D eigenvalue weighted by atomic mass is 15.3. The average molecular weight is 233 g/mol. The van der Waals surface area contributed by atoms with Gasteiger partial charge in [-0.05, 0) is 27.7 Å². The molecule has 0 aliphatic rings. The molecule has 2 aromatic rings. The van der Waals surface area contributed by atoms with Crippen LogP contribution in [0.5, 0.6) is 0 Å². The molecule has 0 aliphatic heterocycles. The van der Waals surface area contributed by atoms with Crippen molar-refractivity contribution < 1.29 is 0 Å². The van der Waals surface area contributed by atoms with Gasteiger partial charge in [0.05, 0.1) is 17.1 Å². The number of anilines is 2. The van der Waals surface area contributed by atoms with E-state index in [0.717, 1.165) is 23.0 Å². The summed E-state index contributed by atoms with van der Waals surface area (Å²) in [5, 5.41) is 7.64. The molecular weight excluding hydrogens is 214 g/mol. The minimum absolute atomic E-state index is 0.385. The van der Waals surface area contributed by atoms with E-state index in [9.17, 15) is 0 Å². The number of aryl methyl sites for hydroxylation is 3. The number of hydrogen-bond donors (Lipinski definition) is 1. The topological polar surface area (TPSA) is 47.7 Å². The summed E-state index contributed by atoms with van der Waals surface area (Å²) >= 11 is 0. The second kappa shape index (κ2) is 4.24. The van der Waals surface area contributed by atoms with E-state index in [2.05, 4.69) is 40.0 Å². The van der Waals surface area contributed by atoms with E-state index < -0.39 is 0 Å². The Balaban J connectivity index is 2.32. The quantitative estimate of drug-likeness (QED) is 0.886. The molecule has 5 heteroatoms. The lowest BCUT2D eigenvalue weighted by molar-refractivity contribution is 0.607. The maximum atomic E-state index is 4.49. The van der Waals surface area contributed by atoms with Crippen LogP contribution in [0.1, 0.15) is 31.3 Å². The number of nitrogens with one attached hydrogen (secondary N) is 1. The Bertz CT molecular complexity index is 521. The lowest BCUT2D eigenvalue weighted by Gasteiger charge is -2.11.